The van der Waals surface area contributed by atoms with Gasteiger partial charge in [-0.1, -0.05) is 11.6 Å². The van der Waals surface area contributed by atoms with Gasteiger partial charge in [0.05, 0.1) is 0 Å². The predicted molar refractivity (Wildman–Crippen MR) is 107 cm³/mol. The van der Waals surface area contributed by atoms with E-state index in [9.17, 15) is 9.59 Å². The summed E-state index contributed by atoms with van der Waals surface area (Å²) in [6.07, 6.45) is 2.47. The number of anilines is 2. The summed E-state index contributed by atoms with van der Waals surface area (Å²) in [5.74, 6) is -0.224. The molecule has 4 N–H and O–H groups in total. The highest BCUT2D eigenvalue weighted by Gasteiger charge is 2.27. The Morgan fingerprint density at radius 3 is 2.04 bits per heavy atom. The van der Waals surface area contributed by atoms with Gasteiger partial charge in [0.15, 0.2) is 0 Å². The minimum absolute atomic E-state index is 0. The average Bonchev–Trinajstić information content (AvgIpc) is 3.04. The van der Waals surface area contributed by atoms with E-state index in [2.05, 4.69) is 10.6 Å². The molecule has 138 valence electrons. The fourth-order valence-corrected chi connectivity index (χ4v) is 3.07. The van der Waals surface area contributed by atoms with E-state index in [4.69, 9.17) is 17.3 Å². The van der Waals surface area contributed by atoms with Gasteiger partial charge >= 0.3 is 0 Å². The van der Waals surface area contributed by atoms with Gasteiger partial charge in [-0.15, -0.1) is 12.4 Å². The van der Waals surface area contributed by atoms with Crippen LogP contribution in [0.4, 0.5) is 11.4 Å². The summed E-state index contributed by atoms with van der Waals surface area (Å²) in [6, 6.07) is 13.8. The zero-order chi connectivity index (χ0) is 17.8. The second-order valence-corrected chi connectivity index (χ2v) is 6.73. The fraction of sp³-hybridized carbons (Fsp3) is 0.263. The molecule has 1 aliphatic rings. The molecule has 2 aromatic carbocycles. The average molecular weight is 394 g/mol. The SMILES string of the molecule is Cl.NC1CCC(C(=O)Nc2ccc(NC(=O)c3ccc(Cl)cc3)cc2)C1. The number of amides is 2. The lowest BCUT2D eigenvalue weighted by molar-refractivity contribution is -0.119. The van der Waals surface area contributed by atoms with Crippen molar-refractivity contribution < 1.29 is 9.59 Å². The van der Waals surface area contributed by atoms with E-state index in [0.29, 0.717) is 22.0 Å². The minimum atomic E-state index is -0.214. The quantitative estimate of drug-likeness (QED) is 0.731. The molecule has 3 rings (SSSR count). The molecule has 5 nitrogen and oxygen atoms in total. The van der Waals surface area contributed by atoms with Crippen molar-refractivity contribution in [1.82, 2.24) is 0 Å². The van der Waals surface area contributed by atoms with E-state index in [1.54, 1.807) is 48.5 Å². The third kappa shape index (κ3) is 5.21. The molecule has 1 aliphatic carbocycles. The topological polar surface area (TPSA) is 84.2 Å². The molecular weight excluding hydrogens is 373 g/mol. The highest BCUT2D eigenvalue weighted by atomic mass is 35.5. The van der Waals surface area contributed by atoms with Crippen LogP contribution in [-0.2, 0) is 4.79 Å². The summed E-state index contributed by atoms with van der Waals surface area (Å²) in [5.41, 5.74) is 7.74. The van der Waals surface area contributed by atoms with Crippen molar-refractivity contribution in [2.24, 2.45) is 11.7 Å². The van der Waals surface area contributed by atoms with Crippen LogP contribution in [0.2, 0.25) is 5.02 Å². The smallest absolute Gasteiger partial charge is 0.255 e. The van der Waals surface area contributed by atoms with E-state index in [0.717, 1.165) is 19.3 Å². The summed E-state index contributed by atoms with van der Waals surface area (Å²) >= 11 is 5.82. The number of halogens is 2. The third-order valence-electron chi connectivity index (χ3n) is 4.36. The molecule has 0 heterocycles. The summed E-state index contributed by atoms with van der Waals surface area (Å²) in [7, 11) is 0. The van der Waals surface area contributed by atoms with Gasteiger partial charge in [-0.3, -0.25) is 9.59 Å². The molecule has 0 saturated heterocycles. The standard InChI is InChI=1S/C19H20ClN3O2.ClH/c20-14-4-1-12(2-5-14)18(24)22-16-7-9-17(10-8-16)23-19(25)13-3-6-15(21)11-13;/h1-2,4-5,7-10,13,15H,3,6,11,21H2,(H,22,24)(H,23,25);1H. The highest BCUT2D eigenvalue weighted by Crippen LogP contribution is 2.25. The predicted octanol–water partition coefficient (Wildman–Crippen LogP) is 4.08. The lowest BCUT2D eigenvalue weighted by Crippen LogP contribution is -2.23. The maximum absolute atomic E-state index is 12.2. The van der Waals surface area contributed by atoms with Gasteiger partial charge in [-0.25, -0.2) is 0 Å². The molecule has 0 radical (unpaired) electrons. The molecule has 26 heavy (non-hydrogen) atoms. The first-order valence-corrected chi connectivity index (χ1v) is 8.62. The minimum Gasteiger partial charge on any atom is -0.328 e. The molecule has 0 spiro atoms. The first kappa shape index (κ1) is 20.2. The van der Waals surface area contributed by atoms with Crippen LogP contribution in [0.15, 0.2) is 48.5 Å². The number of hydrogen-bond acceptors (Lipinski definition) is 3. The normalized spacial score (nSPS) is 18.7. The van der Waals surface area contributed by atoms with Crippen molar-refractivity contribution in [3.05, 3.63) is 59.1 Å². The van der Waals surface area contributed by atoms with E-state index >= 15 is 0 Å². The molecule has 0 aromatic heterocycles. The maximum atomic E-state index is 12.2. The van der Waals surface area contributed by atoms with E-state index < -0.39 is 0 Å². The van der Waals surface area contributed by atoms with Gasteiger partial charge in [0.2, 0.25) is 5.91 Å². The summed E-state index contributed by atoms with van der Waals surface area (Å²) in [5, 5.41) is 6.29. The Hall–Kier alpha value is -2.08. The molecule has 0 bridgehead atoms. The van der Waals surface area contributed by atoms with Crippen molar-refractivity contribution in [2.45, 2.75) is 25.3 Å². The van der Waals surface area contributed by atoms with Gasteiger partial charge in [0, 0.05) is 33.9 Å². The first-order valence-electron chi connectivity index (χ1n) is 8.24. The zero-order valence-corrected chi connectivity index (χ0v) is 15.6. The van der Waals surface area contributed by atoms with Crippen molar-refractivity contribution in [3.63, 3.8) is 0 Å². The van der Waals surface area contributed by atoms with Crippen LogP contribution >= 0.6 is 24.0 Å². The molecule has 1 saturated carbocycles. The second kappa shape index (κ2) is 9.03. The molecule has 1 fully saturated rings. The molecular formula is C19H21Cl2N3O2. The Morgan fingerprint density at radius 2 is 1.50 bits per heavy atom. The second-order valence-electron chi connectivity index (χ2n) is 6.30. The largest absolute Gasteiger partial charge is 0.328 e. The summed E-state index contributed by atoms with van der Waals surface area (Å²) in [6.45, 7) is 0. The summed E-state index contributed by atoms with van der Waals surface area (Å²) < 4.78 is 0. The lowest BCUT2D eigenvalue weighted by Gasteiger charge is -2.11. The van der Waals surface area contributed by atoms with Crippen molar-refractivity contribution >= 4 is 47.2 Å². The number of nitrogens with two attached hydrogens (primary N) is 1. The molecule has 2 amide bonds. The van der Waals surface area contributed by atoms with E-state index in [-0.39, 0.29) is 36.2 Å². The van der Waals surface area contributed by atoms with Crippen LogP contribution in [0, 0.1) is 5.92 Å². The van der Waals surface area contributed by atoms with Gasteiger partial charge in [0.1, 0.15) is 0 Å². The monoisotopic (exact) mass is 393 g/mol. The van der Waals surface area contributed by atoms with Crippen molar-refractivity contribution in [1.29, 1.82) is 0 Å². The van der Waals surface area contributed by atoms with E-state index in [1.807, 2.05) is 0 Å². The van der Waals surface area contributed by atoms with Gasteiger partial charge < -0.3 is 16.4 Å². The first-order chi connectivity index (χ1) is 12.0. The Bertz CT molecular complexity index is 763. The molecule has 2 aromatic rings. The Balaban J connectivity index is 0.00000243. The van der Waals surface area contributed by atoms with Crippen LogP contribution in [0.25, 0.3) is 0 Å². The number of benzene rings is 2. The van der Waals surface area contributed by atoms with Crippen LogP contribution in [-0.4, -0.2) is 17.9 Å². The molecule has 2 atom stereocenters. The summed E-state index contributed by atoms with van der Waals surface area (Å²) in [4.78, 5) is 24.3. The Labute approximate surface area is 163 Å². The van der Waals surface area contributed by atoms with Crippen LogP contribution in [0.3, 0.4) is 0 Å². The van der Waals surface area contributed by atoms with E-state index in [1.165, 1.54) is 0 Å². The molecule has 7 heteroatoms. The number of rotatable bonds is 4. The van der Waals surface area contributed by atoms with Gasteiger partial charge in [0.25, 0.3) is 5.91 Å². The van der Waals surface area contributed by atoms with Crippen LogP contribution < -0.4 is 16.4 Å². The maximum Gasteiger partial charge on any atom is 0.255 e. The van der Waals surface area contributed by atoms with Crippen molar-refractivity contribution in [2.75, 3.05) is 10.6 Å². The number of carbonyl (C=O) groups excluding carboxylic acids is 2. The lowest BCUT2D eigenvalue weighted by atomic mass is 10.1. The number of carbonyl (C=O) groups is 2. The Morgan fingerprint density at radius 1 is 0.923 bits per heavy atom. The number of nitrogens with one attached hydrogen (secondary N) is 2. The van der Waals surface area contributed by atoms with Crippen LogP contribution in [0.1, 0.15) is 29.6 Å². The zero-order valence-electron chi connectivity index (χ0n) is 14.1. The van der Waals surface area contributed by atoms with Crippen molar-refractivity contribution in [3.8, 4) is 0 Å². The van der Waals surface area contributed by atoms with Gasteiger partial charge in [-0.05, 0) is 67.8 Å². The van der Waals surface area contributed by atoms with Crippen LogP contribution in [0.5, 0.6) is 0 Å². The third-order valence-corrected chi connectivity index (χ3v) is 4.61. The fourth-order valence-electron chi connectivity index (χ4n) is 2.94. The Kier molecular flexibility index (Phi) is 7.03. The highest BCUT2D eigenvalue weighted by molar-refractivity contribution is 6.30. The molecule has 2 unspecified atom stereocenters. The van der Waals surface area contributed by atoms with Gasteiger partial charge in [-0.2, -0.15) is 0 Å². The molecule has 0 aliphatic heterocycles. The number of hydrogen-bond donors (Lipinski definition) is 3.